The molecule has 2 aromatic rings. The fraction of sp³-hybridized carbons (Fsp3) is 0.286. The molecular formula is C14H17FN6O. The quantitative estimate of drug-likeness (QED) is 0.668. The van der Waals surface area contributed by atoms with Crippen molar-refractivity contribution in [3.63, 3.8) is 0 Å². The smallest absolute Gasteiger partial charge is 0.269 e. The molecule has 1 aliphatic heterocycles. The molecule has 7 nitrogen and oxygen atoms in total. The summed E-state index contributed by atoms with van der Waals surface area (Å²) in [5, 5.41) is 7.15. The van der Waals surface area contributed by atoms with E-state index < -0.39 is 12.2 Å². The van der Waals surface area contributed by atoms with E-state index in [9.17, 15) is 9.18 Å². The van der Waals surface area contributed by atoms with Crippen LogP contribution in [0.1, 0.15) is 16.2 Å². The lowest BCUT2D eigenvalue weighted by Gasteiger charge is -2.20. The van der Waals surface area contributed by atoms with E-state index in [1.54, 1.807) is 18.2 Å². The SMILES string of the molecule is Cc1cc(C)n(C(=O)C2NNNC2Nc2ccccc2F)n1. The Morgan fingerprint density at radius 1 is 1.32 bits per heavy atom. The molecule has 2 atom stereocenters. The average Bonchev–Trinajstić information content (AvgIpc) is 3.07. The number of carbonyl (C=O) groups excluding carboxylic acids is 1. The summed E-state index contributed by atoms with van der Waals surface area (Å²) < 4.78 is 15.1. The number of halogens is 1. The standard InChI is InChI=1S/C14H17FN6O/c1-8-7-9(2)21(19-8)14(22)12-13(18-20-17-12)16-11-6-4-3-5-10(11)15/h3-7,12-13,16-18,20H,1-2H3. The maximum Gasteiger partial charge on any atom is 0.269 e. The topological polar surface area (TPSA) is 83.0 Å². The number of aryl methyl sites for hydroxylation is 2. The Hall–Kier alpha value is -2.29. The molecule has 1 saturated heterocycles. The number of rotatable bonds is 3. The van der Waals surface area contributed by atoms with E-state index in [0.29, 0.717) is 5.69 Å². The van der Waals surface area contributed by atoms with Gasteiger partial charge in [-0.05, 0) is 32.0 Å². The number of anilines is 1. The van der Waals surface area contributed by atoms with Crippen LogP contribution in [0.15, 0.2) is 30.3 Å². The van der Waals surface area contributed by atoms with Gasteiger partial charge in [-0.2, -0.15) is 10.6 Å². The largest absolute Gasteiger partial charge is 0.365 e. The molecule has 0 spiro atoms. The highest BCUT2D eigenvalue weighted by atomic mass is 19.1. The molecule has 0 aliphatic carbocycles. The summed E-state index contributed by atoms with van der Waals surface area (Å²) >= 11 is 0. The molecule has 1 aliphatic rings. The monoisotopic (exact) mass is 304 g/mol. The first-order chi connectivity index (χ1) is 10.6. The van der Waals surface area contributed by atoms with E-state index in [2.05, 4.69) is 26.8 Å². The molecule has 0 radical (unpaired) electrons. The number of nitrogens with one attached hydrogen (secondary N) is 4. The lowest BCUT2D eigenvalue weighted by Crippen LogP contribution is -2.48. The van der Waals surface area contributed by atoms with Gasteiger partial charge in [-0.25, -0.2) is 19.9 Å². The van der Waals surface area contributed by atoms with E-state index in [1.807, 2.05) is 19.9 Å². The van der Waals surface area contributed by atoms with Gasteiger partial charge in [-0.15, -0.1) is 0 Å². The van der Waals surface area contributed by atoms with Gasteiger partial charge in [0.1, 0.15) is 18.0 Å². The predicted molar refractivity (Wildman–Crippen MR) is 79.3 cm³/mol. The molecule has 8 heteroatoms. The van der Waals surface area contributed by atoms with Crippen molar-refractivity contribution in [2.24, 2.45) is 0 Å². The first-order valence-electron chi connectivity index (χ1n) is 6.91. The Balaban J connectivity index is 1.80. The van der Waals surface area contributed by atoms with Crippen LogP contribution < -0.4 is 21.7 Å². The van der Waals surface area contributed by atoms with E-state index >= 15 is 0 Å². The predicted octanol–water partition coefficient (Wildman–Crippen LogP) is 0.698. The molecule has 2 heterocycles. The van der Waals surface area contributed by atoms with Crippen LogP contribution in [0.3, 0.4) is 0 Å². The van der Waals surface area contributed by atoms with Gasteiger partial charge in [0.2, 0.25) is 0 Å². The van der Waals surface area contributed by atoms with Crippen molar-refractivity contribution in [1.29, 1.82) is 0 Å². The summed E-state index contributed by atoms with van der Waals surface area (Å²) in [7, 11) is 0. The van der Waals surface area contributed by atoms with Crippen LogP contribution >= 0.6 is 0 Å². The number of hydrogen-bond donors (Lipinski definition) is 4. The molecule has 0 amide bonds. The molecule has 1 fully saturated rings. The van der Waals surface area contributed by atoms with Gasteiger partial charge in [-0.3, -0.25) is 4.79 Å². The molecule has 0 bridgehead atoms. The van der Waals surface area contributed by atoms with Crippen LogP contribution in [0.4, 0.5) is 10.1 Å². The Labute approximate surface area is 126 Å². The highest BCUT2D eigenvalue weighted by Crippen LogP contribution is 2.15. The molecule has 116 valence electrons. The van der Waals surface area contributed by atoms with Gasteiger partial charge in [0.15, 0.2) is 0 Å². The Morgan fingerprint density at radius 2 is 2.09 bits per heavy atom. The fourth-order valence-electron chi connectivity index (χ4n) is 2.42. The zero-order valence-corrected chi connectivity index (χ0v) is 12.2. The number of hydrogen-bond acceptors (Lipinski definition) is 6. The van der Waals surface area contributed by atoms with E-state index in [-0.39, 0.29) is 11.7 Å². The number of hydrazine groups is 2. The second-order valence-electron chi connectivity index (χ2n) is 5.17. The molecule has 4 N–H and O–H groups in total. The Kier molecular flexibility index (Phi) is 3.88. The summed E-state index contributed by atoms with van der Waals surface area (Å²) in [6.07, 6.45) is -0.520. The van der Waals surface area contributed by atoms with Crippen molar-refractivity contribution < 1.29 is 9.18 Å². The maximum absolute atomic E-state index is 13.7. The minimum atomic E-state index is -0.641. The number of carbonyl (C=O) groups is 1. The summed E-state index contributed by atoms with van der Waals surface area (Å²) in [4.78, 5) is 12.6. The number of benzene rings is 1. The van der Waals surface area contributed by atoms with E-state index in [1.165, 1.54) is 10.7 Å². The van der Waals surface area contributed by atoms with Gasteiger partial charge in [-0.1, -0.05) is 12.1 Å². The summed E-state index contributed by atoms with van der Waals surface area (Å²) in [6.45, 7) is 3.64. The minimum Gasteiger partial charge on any atom is -0.365 e. The number of para-hydroxylation sites is 1. The third kappa shape index (κ3) is 2.71. The fourth-order valence-corrected chi connectivity index (χ4v) is 2.42. The third-order valence-electron chi connectivity index (χ3n) is 3.46. The molecule has 0 saturated carbocycles. The Morgan fingerprint density at radius 3 is 2.77 bits per heavy atom. The molecule has 1 aromatic carbocycles. The van der Waals surface area contributed by atoms with Crippen LogP contribution in [0.25, 0.3) is 0 Å². The van der Waals surface area contributed by atoms with Crippen molar-refractivity contribution in [3.8, 4) is 0 Å². The molecule has 22 heavy (non-hydrogen) atoms. The van der Waals surface area contributed by atoms with Crippen LogP contribution in [0.2, 0.25) is 0 Å². The van der Waals surface area contributed by atoms with Crippen molar-refractivity contribution in [1.82, 2.24) is 26.2 Å². The van der Waals surface area contributed by atoms with Gasteiger partial charge in [0.05, 0.1) is 11.4 Å². The molecule has 1 aromatic heterocycles. The summed E-state index contributed by atoms with van der Waals surface area (Å²) in [5.41, 5.74) is 10.2. The van der Waals surface area contributed by atoms with Crippen molar-refractivity contribution in [2.45, 2.75) is 26.1 Å². The van der Waals surface area contributed by atoms with Crippen LogP contribution in [-0.2, 0) is 0 Å². The molecule has 2 unspecified atom stereocenters. The van der Waals surface area contributed by atoms with Crippen molar-refractivity contribution in [3.05, 3.63) is 47.5 Å². The second-order valence-corrected chi connectivity index (χ2v) is 5.17. The van der Waals surface area contributed by atoms with Crippen LogP contribution in [0, 0.1) is 19.7 Å². The third-order valence-corrected chi connectivity index (χ3v) is 3.46. The average molecular weight is 304 g/mol. The summed E-state index contributed by atoms with van der Waals surface area (Å²) in [6, 6.07) is 7.48. The van der Waals surface area contributed by atoms with Gasteiger partial charge in [0, 0.05) is 5.69 Å². The van der Waals surface area contributed by atoms with E-state index in [4.69, 9.17) is 0 Å². The molecule has 3 rings (SSSR count). The Bertz CT molecular complexity index is 700. The van der Waals surface area contributed by atoms with Gasteiger partial charge >= 0.3 is 0 Å². The highest BCUT2D eigenvalue weighted by Gasteiger charge is 2.35. The normalized spacial score (nSPS) is 21.0. The maximum atomic E-state index is 13.7. The first-order valence-corrected chi connectivity index (χ1v) is 6.91. The van der Waals surface area contributed by atoms with E-state index in [0.717, 1.165) is 11.4 Å². The van der Waals surface area contributed by atoms with Crippen LogP contribution in [0.5, 0.6) is 0 Å². The van der Waals surface area contributed by atoms with Gasteiger partial charge in [0.25, 0.3) is 5.91 Å². The van der Waals surface area contributed by atoms with Gasteiger partial charge < -0.3 is 5.32 Å². The number of aromatic nitrogens is 2. The first kappa shape index (κ1) is 14.6. The zero-order chi connectivity index (χ0) is 15.7. The zero-order valence-electron chi connectivity index (χ0n) is 12.2. The van der Waals surface area contributed by atoms with Crippen molar-refractivity contribution in [2.75, 3.05) is 5.32 Å². The minimum absolute atomic E-state index is 0.239. The molecular weight excluding hydrogens is 287 g/mol. The highest BCUT2D eigenvalue weighted by molar-refractivity contribution is 5.85. The van der Waals surface area contributed by atoms with Crippen molar-refractivity contribution >= 4 is 11.6 Å². The summed E-state index contributed by atoms with van der Waals surface area (Å²) in [5.74, 6) is -0.620. The number of nitrogens with zero attached hydrogens (tertiary/aromatic N) is 2. The lowest BCUT2D eigenvalue weighted by molar-refractivity contribution is 0.0842. The van der Waals surface area contributed by atoms with Crippen LogP contribution in [-0.4, -0.2) is 27.9 Å². The lowest BCUT2D eigenvalue weighted by atomic mass is 10.2. The second kappa shape index (κ2) is 5.84.